The average molecular weight is 571 g/mol. The van der Waals surface area contributed by atoms with Crippen molar-refractivity contribution in [3.8, 4) is 11.1 Å². The van der Waals surface area contributed by atoms with Crippen molar-refractivity contribution in [1.82, 2.24) is 0 Å². The fraction of sp³-hybridized carbons (Fsp3) is 0.400. The lowest BCUT2D eigenvalue weighted by molar-refractivity contribution is -0.114. The van der Waals surface area contributed by atoms with Crippen molar-refractivity contribution in [2.75, 3.05) is 7.11 Å². The summed E-state index contributed by atoms with van der Waals surface area (Å²) in [5.74, 6) is 0. The van der Waals surface area contributed by atoms with E-state index in [9.17, 15) is 0 Å². The Bertz CT molecular complexity index is 1860. The highest BCUT2D eigenvalue weighted by atomic mass is 16.5. The van der Waals surface area contributed by atoms with Crippen molar-refractivity contribution in [2.45, 2.75) is 97.2 Å². The molecule has 0 aromatic heterocycles. The predicted octanol–water partition coefficient (Wildman–Crippen LogP) is 9.67. The Morgan fingerprint density at radius 2 is 1.16 bits per heavy atom. The van der Waals surface area contributed by atoms with Gasteiger partial charge >= 0.3 is 7.48 Å². The molecular weight excluding hydrogens is 523 g/mol. The van der Waals surface area contributed by atoms with E-state index in [4.69, 9.17) is 9.39 Å². The molecule has 1 aliphatic carbocycles. The third-order valence-electron chi connectivity index (χ3n) is 11.0. The molecule has 43 heavy (non-hydrogen) atoms. The topological polar surface area (TPSA) is 18.5 Å². The van der Waals surface area contributed by atoms with Gasteiger partial charge in [-0.25, -0.2) is 0 Å². The first-order chi connectivity index (χ1) is 20.1. The van der Waals surface area contributed by atoms with E-state index >= 15 is 0 Å². The van der Waals surface area contributed by atoms with E-state index in [-0.39, 0.29) is 10.8 Å². The van der Waals surface area contributed by atoms with Crippen LogP contribution in [0, 0.1) is 6.92 Å². The molecule has 0 amide bonds. The maximum absolute atomic E-state index is 6.44. The van der Waals surface area contributed by atoms with Gasteiger partial charge in [-0.3, -0.25) is 0 Å². The maximum Gasteiger partial charge on any atom is 0.309 e. The summed E-state index contributed by atoms with van der Waals surface area (Å²) in [6.07, 6.45) is 2.45. The van der Waals surface area contributed by atoms with Crippen LogP contribution < -0.4 is 5.46 Å². The van der Waals surface area contributed by atoms with Crippen LogP contribution in [0.5, 0.6) is 0 Å². The third-order valence-corrected chi connectivity index (χ3v) is 11.0. The summed E-state index contributed by atoms with van der Waals surface area (Å²) in [6, 6.07) is 27.8. The molecular formula is C40H47BO2. The second-order valence-corrected chi connectivity index (χ2v) is 15.2. The highest BCUT2D eigenvalue weighted by molar-refractivity contribution is 6.48. The Morgan fingerprint density at radius 3 is 1.77 bits per heavy atom. The molecule has 0 fully saturated rings. The predicted molar refractivity (Wildman–Crippen MR) is 187 cm³/mol. The monoisotopic (exact) mass is 570 g/mol. The molecule has 5 aromatic carbocycles. The van der Waals surface area contributed by atoms with E-state index in [1.807, 2.05) is 0 Å². The molecule has 6 rings (SSSR count). The van der Waals surface area contributed by atoms with Crippen molar-refractivity contribution in [1.29, 1.82) is 0 Å². The Balaban J connectivity index is 1.48. The maximum atomic E-state index is 6.44. The van der Waals surface area contributed by atoms with Gasteiger partial charge in [0.1, 0.15) is 0 Å². The number of rotatable bonds is 6. The Morgan fingerprint density at radius 1 is 0.628 bits per heavy atom. The molecule has 0 unspecified atom stereocenters. The first-order valence-corrected chi connectivity index (χ1v) is 15.9. The summed E-state index contributed by atoms with van der Waals surface area (Å²) in [5.41, 5.74) is 7.78. The molecule has 222 valence electrons. The second-order valence-electron chi connectivity index (χ2n) is 15.2. The highest BCUT2D eigenvalue weighted by Crippen LogP contribution is 2.48. The first-order valence-electron chi connectivity index (χ1n) is 15.9. The molecule has 2 nitrogen and oxygen atoms in total. The molecule has 1 aliphatic rings. The first kappa shape index (κ1) is 29.9. The van der Waals surface area contributed by atoms with E-state index in [2.05, 4.69) is 135 Å². The van der Waals surface area contributed by atoms with E-state index in [0.29, 0.717) is 7.48 Å². The normalized spacial score (nSPS) is 16.5. The van der Waals surface area contributed by atoms with Crippen LogP contribution in [0.25, 0.3) is 43.4 Å². The van der Waals surface area contributed by atoms with Gasteiger partial charge in [-0.2, -0.15) is 0 Å². The van der Waals surface area contributed by atoms with Gasteiger partial charge in [-0.05, 0) is 124 Å². The van der Waals surface area contributed by atoms with Gasteiger partial charge < -0.3 is 9.39 Å². The largest absolute Gasteiger partial charge is 0.427 e. The minimum atomic E-state index is -0.432. The lowest BCUT2D eigenvalue weighted by Crippen LogP contribution is -2.50. The number of methoxy groups -OCH3 is 1. The zero-order valence-electron chi connectivity index (χ0n) is 27.9. The molecule has 0 aliphatic heterocycles. The molecule has 0 N–H and O–H groups in total. The van der Waals surface area contributed by atoms with E-state index in [1.54, 1.807) is 7.11 Å². The average Bonchev–Trinajstić information content (AvgIpc) is 2.98. The number of fused-ring (bicyclic) bond motifs is 7. The highest BCUT2D eigenvalue weighted by Gasteiger charge is 2.38. The van der Waals surface area contributed by atoms with Gasteiger partial charge in [-0.15, -0.1) is 0 Å². The van der Waals surface area contributed by atoms with Crippen molar-refractivity contribution in [2.24, 2.45) is 0 Å². The Hall–Kier alpha value is -3.14. The number of hydrogen-bond acceptors (Lipinski definition) is 2. The Labute approximate surface area is 259 Å². The summed E-state index contributed by atoms with van der Waals surface area (Å²) < 4.78 is 12.2. The molecule has 0 saturated heterocycles. The quantitative estimate of drug-likeness (QED) is 0.149. The molecule has 0 heterocycles. The minimum Gasteiger partial charge on any atom is -0.427 e. The van der Waals surface area contributed by atoms with Crippen LogP contribution in [0.2, 0.25) is 0 Å². The number of hydrogen-bond donors (Lipinski definition) is 0. The fourth-order valence-electron chi connectivity index (χ4n) is 6.98. The number of aryl methyl sites for hydroxylation is 1. The number of ether oxygens (including phenoxy) is 1. The van der Waals surface area contributed by atoms with Crippen molar-refractivity contribution < 1.29 is 9.39 Å². The molecule has 0 atom stereocenters. The summed E-state index contributed by atoms with van der Waals surface area (Å²) in [6.45, 7) is 20.3. The van der Waals surface area contributed by atoms with Gasteiger partial charge in [0, 0.05) is 7.11 Å². The summed E-state index contributed by atoms with van der Waals surface area (Å²) in [5, 5.41) is 7.74. The third kappa shape index (κ3) is 4.99. The van der Waals surface area contributed by atoms with Crippen molar-refractivity contribution in [3.63, 3.8) is 0 Å². The molecule has 3 heteroatoms. The summed E-state index contributed by atoms with van der Waals surface area (Å²) in [4.78, 5) is 0. The minimum absolute atomic E-state index is 0.184. The van der Waals surface area contributed by atoms with Gasteiger partial charge in [0.15, 0.2) is 0 Å². The zero-order valence-corrected chi connectivity index (χ0v) is 27.9. The van der Waals surface area contributed by atoms with Crippen LogP contribution in [0.1, 0.15) is 84.9 Å². The lowest BCUT2D eigenvalue weighted by Gasteiger charge is -2.42. The van der Waals surface area contributed by atoms with Crippen LogP contribution >= 0.6 is 0 Å². The van der Waals surface area contributed by atoms with Crippen LogP contribution in [0.4, 0.5) is 0 Å². The summed E-state index contributed by atoms with van der Waals surface area (Å²) >= 11 is 0. The van der Waals surface area contributed by atoms with Gasteiger partial charge in [0.25, 0.3) is 0 Å². The fourth-order valence-corrected chi connectivity index (χ4v) is 6.98. The molecule has 0 radical (unpaired) electrons. The second kappa shape index (κ2) is 10.2. The van der Waals surface area contributed by atoms with Crippen LogP contribution in [-0.4, -0.2) is 25.8 Å². The molecule has 0 spiro atoms. The molecule has 5 aromatic rings. The lowest BCUT2D eigenvalue weighted by atomic mass is 9.62. The molecule has 0 bridgehead atoms. The van der Waals surface area contributed by atoms with Crippen LogP contribution in [0.3, 0.4) is 0 Å². The van der Waals surface area contributed by atoms with Gasteiger partial charge in [0.2, 0.25) is 0 Å². The standard InChI is InChI=1S/C40H47BO2/c1-25-21-35-36(38(4,5)20-19-37(35,2)3)24-32(25)26-15-17-30-31-18-16-27(41-43-40(8,9)39(6,7)42-10)23-34(31)29-14-12-11-13-28(29)33(30)22-26/h11-18,21-24,41H,19-20H2,1-10H3. The van der Waals surface area contributed by atoms with Crippen molar-refractivity contribution in [3.05, 3.63) is 89.5 Å². The van der Waals surface area contributed by atoms with E-state index in [1.165, 1.54) is 78.4 Å². The Kier molecular flexibility index (Phi) is 7.11. The van der Waals surface area contributed by atoms with Crippen LogP contribution in [-0.2, 0) is 20.2 Å². The van der Waals surface area contributed by atoms with E-state index in [0.717, 1.165) is 0 Å². The summed E-state index contributed by atoms with van der Waals surface area (Å²) in [7, 11) is 2.28. The van der Waals surface area contributed by atoms with E-state index < -0.39 is 11.2 Å². The van der Waals surface area contributed by atoms with Gasteiger partial charge in [-0.1, -0.05) is 99.9 Å². The SMILES string of the molecule is COC(C)(C)C(C)(C)OBc1ccc2c3ccc(-c4cc5c(cc4C)C(C)(C)CCC5(C)C)cc3c3ccccc3c2c1. The smallest absolute Gasteiger partial charge is 0.309 e. The molecule has 0 saturated carbocycles. The zero-order chi connectivity index (χ0) is 30.9. The number of benzene rings is 5. The van der Waals surface area contributed by atoms with Crippen molar-refractivity contribution >= 4 is 45.3 Å². The van der Waals surface area contributed by atoms with Gasteiger partial charge in [0.05, 0.1) is 11.2 Å². The van der Waals surface area contributed by atoms with Crippen LogP contribution in [0.15, 0.2) is 72.8 Å².